The van der Waals surface area contributed by atoms with Crippen molar-refractivity contribution in [1.82, 2.24) is 24.1 Å². The van der Waals surface area contributed by atoms with Gasteiger partial charge in [0, 0.05) is 55.5 Å². The van der Waals surface area contributed by atoms with Crippen LogP contribution in [-0.4, -0.2) is 50.5 Å². The number of ether oxygens (including phenoxy) is 2. The van der Waals surface area contributed by atoms with Crippen molar-refractivity contribution in [3.05, 3.63) is 72.1 Å². The molecule has 194 valence electrons. The molecule has 1 fully saturated rings. The van der Waals surface area contributed by atoms with E-state index in [1.807, 2.05) is 64.9 Å². The molecule has 0 spiro atoms. The lowest BCUT2D eigenvalue weighted by Crippen LogP contribution is -2.19. The molecule has 2 aromatic carbocycles. The highest BCUT2D eigenvalue weighted by atomic mass is 35.5. The first kappa shape index (κ1) is 24.5. The number of benzene rings is 2. The van der Waals surface area contributed by atoms with Crippen LogP contribution in [0.1, 0.15) is 19.3 Å². The molecule has 0 bridgehead atoms. The smallest absolute Gasteiger partial charge is 0.218 e. The summed E-state index contributed by atoms with van der Waals surface area (Å²) in [4.78, 5) is 9.56. The van der Waals surface area contributed by atoms with Gasteiger partial charge in [-0.2, -0.15) is 0 Å². The molecule has 0 radical (unpaired) electrons. The maximum Gasteiger partial charge on any atom is 0.218 e. The Morgan fingerprint density at radius 2 is 1.87 bits per heavy atom. The van der Waals surface area contributed by atoms with Crippen molar-refractivity contribution in [3.63, 3.8) is 0 Å². The van der Waals surface area contributed by atoms with Gasteiger partial charge in [0.05, 0.1) is 18.2 Å². The van der Waals surface area contributed by atoms with Crippen LogP contribution in [0.15, 0.2) is 67.1 Å². The molecule has 0 aliphatic heterocycles. The molecule has 3 aromatic heterocycles. The van der Waals surface area contributed by atoms with Gasteiger partial charge in [-0.25, -0.2) is 14.5 Å². The third kappa shape index (κ3) is 4.29. The lowest BCUT2D eigenvalue weighted by molar-refractivity contribution is 0.108. The SMILES string of the molecule is COc1cccc(-c2cn3nc(-c4nccn4C)nc(NC4CCC(OC)C4)c3c2-c2ccccc2)c1Cl. The molecule has 1 aliphatic carbocycles. The number of halogens is 1. The van der Waals surface area contributed by atoms with Crippen molar-refractivity contribution in [2.45, 2.75) is 31.4 Å². The predicted octanol–water partition coefficient (Wildman–Crippen LogP) is 6.11. The van der Waals surface area contributed by atoms with E-state index in [2.05, 4.69) is 22.4 Å². The molecule has 3 heterocycles. The monoisotopic (exact) mass is 528 g/mol. The van der Waals surface area contributed by atoms with Crippen LogP contribution in [0.4, 0.5) is 5.82 Å². The van der Waals surface area contributed by atoms with Gasteiger partial charge in [0.15, 0.2) is 11.6 Å². The van der Waals surface area contributed by atoms with Gasteiger partial charge in [-0.15, -0.1) is 5.10 Å². The zero-order chi connectivity index (χ0) is 26.2. The first-order valence-electron chi connectivity index (χ1n) is 12.7. The van der Waals surface area contributed by atoms with Gasteiger partial charge in [0.2, 0.25) is 5.82 Å². The van der Waals surface area contributed by atoms with Gasteiger partial charge in [0.25, 0.3) is 0 Å². The minimum absolute atomic E-state index is 0.232. The van der Waals surface area contributed by atoms with Crippen LogP contribution >= 0.6 is 11.6 Å². The third-order valence-electron chi connectivity index (χ3n) is 7.25. The summed E-state index contributed by atoms with van der Waals surface area (Å²) in [6.45, 7) is 0. The number of hydrogen-bond donors (Lipinski definition) is 1. The Labute approximate surface area is 226 Å². The topological polar surface area (TPSA) is 78.5 Å². The first-order chi connectivity index (χ1) is 18.6. The lowest BCUT2D eigenvalue weighted by Gasteiger charge is -2.17. The summed E-state index contributed by atoms with van der Waals surface area (Å²) in [5, 5.41) is 9.22. The van der Waals surface area contributed by atoms with Crippen molar-refractivity contribution in [2.24, 2.45) is 7.05 Å². The average molecular weight is 529 g/mol. The molecule has 0 saturated heterocycles. The second-order valence-corrected chi connectivity index (χ2v) is 9.93. The van der Waals surface area contributed by atoms with Crippen LogP contribution in [0.3, 0.4) is 0 Å². The molecule has 6 rings (SSSR count). The fourth-order valence-electron chi connectivity index (χ4n) is 5.32. The molecule has 2 atom stereocenters. The Morgan fingerprint density at radius 1 is 1.03 bits per heavy atom. The second-order valence-electron chi connectivity index (χ2n) is 9.56. The molecular weight excluding hydrogens is 500 g/mol. The van der Waals surface area contributed by atoms with Crippen molar-refractivity contribution in [1.29, 1.82) is 0 Å². The van der Waals surface area contributed by atoms with Crippen molar-refractivity contribution in [3.8, 4) is 39.7 Å². The van der Waals surface area contributed by atoms with Crippen LogP contribution < -0.4 is 10.1 Å². The molecule has 1 N–H and O–H groups in total. The van der Waals surface area contributed by atoms with E-state index in [9.17, 15) is 0 Å². The summed E-state index contributed by atoms with van der Waals surface area (Å²) in [6, 6.07) is 16.3. The maximum absolute atomic E-state index is 6.86. The van der Waals surface area contributed by atoms with E-state index >= 15 is 0 Å². The Balaban J connectivity index is 1.63. The Hall–Kier alpha value is -3.88. The number of nitrogens with one attached hydrogen (secondary N) is 1. The average Bonchev–Trinajstić information content (AvgIpc) is 3.67. The van der Waals surface area contributed by atoms with E-state index in [-0.39, 0.29) is 12.1 Å². The first-order valence-corrected chi connectivity index (χ1v) is 13.0. The molecular formula is C29H29ClN6O2. The predicted molar refractivity (Wildman–Crippen MR) is 150 cm³/mol. The van der Waals surface area contributed by atoms with Crippen LogP contribution in [0.2, 0.25) is 5.02 Å². The standard InChI is InChI=1S/C29H29ClN6O2/c1-35-15-14-31-29(35)28-33-27(32-19-12-13-20(16-19)37-2)26-24(18-8-5-4-6-9-18)22(17-36(26)34-28)21-10-7-11-23(38-3)25(21)30/h4-11,14-15,17,19-20H,12-13,16H2,1-3H3,(H,32,33,34). The van der Waals surface area contributed by atoms with Gasteiger partial charge in [-0.05, 0) is 30.9 Å². The Kier molecular flexibility index (Phi) is 6.51. The van der Waals surface area contributed by atoms with Crippen LogP contribution in [-0.2, 0) is 11.8 Å². The second kappa shape index (κ2) is 10.1. The van der Waals surface area contributed by atoms with E-state index in [1.165, 1.54) is 0 Å². The fourth-order valence-corrected chi connectivity index (χ4v) is 5.62. The molecule has 1 aliphatic rings. The third-order valence-corrected chi connectivity index (χ3v) is 7.64. The molecule has 5 aromatic rings. The summed E-state index contributed by atoms with van der Waals surface area (Å²) in [7, 11) is 5.34. The quantitative estimate of drug-likeness (QED) is 0.275. The number of methoxy groups -OCH3 is 2. The normalized spacial score (nSPS) is 17.3. The van der Waals surface area contributed by atoms with Crippen molar-refractivity contribution < 1.29 is 9.47 Å². The van der Waals surface area contributed by atoms with Crippen molar-refractivity contribution >= 4 is 22.9 Å². The van der Waals surface area contributed by atoms with Gasteiger partial charge >= 0.3 is 0 Å². The summed E-state index contributed by atoms with van der Waals surface area (Å²) >= 11 is 6.86. The zero-order valence-electron chi connectivity index (χ0n) is 21.6. The van der Waals surface area contributed by atoms with Crippen LogP contribution in [0, 0.1) is 0 Å². The number of aryl methyl sites for hydroxylation is 1. The molecule has 0 amide bonds. The zero-order valence-corrected chi connectivity index (χ0v) is 22.3. The number of fused-ring (bicyclic) bond motifs is 1. The number of nitrogens with zero attached hydrogens (tertiary/aromatic N) is 5. The van der Waals surface area contributed by atoms with E-state index in [4.69, 9.17) is 31.2 Å². The highest BCUT2D eigenvalue weighted by Crippen LogP contribution is 2.44. The van der Waals surface area contributed by atoms with E-state index in [1.54, 1.807) is 20.4 Å². The number of imidazole rings is 1. The summed E-state index contributed by atoms with van der Waals surface area (Å²) in [6.07, 6.45) is 8.84. The van der Waals surface area contributed by atoms with E-state index in [0.717, 1.165) is 52.9 Å². The molecule has 1 saturated carbocycles. The largest absolute Gasteiger partial charge is 0.495 e. The minimum Gasteiger partial charge on any atom is -0.495 e. The molecule has 2 unspecified atom stereocenters. The maximum atomic E-state index is 6.86. The summed E-state index contributed by atoms with van der Waals surface area (Å²) in [5.74, 6) is 2.59. The number of rotatable bonds is 7. The number of aromatic nitrogens is 5. The number of hydrogen-bond acceptors (Lipinski definition) is 6. The van der Waals surface area contributed by atoms with Crippen molar-refractivity contribution in [2.75, 3.05) is 19.5 Å². The lowest BCUT2D eigenvalue weighted by atomic mass is 9.97. The Morgan fingerprint density at radius 3 is 2.58 bits per heavy atom. The van der Waals surface area contributed by atoms with Crippen LogP contribution in [0.25, 0.3) is 39.4 Å². The minimum atomic E-state index is 0.232. The van der Waals surface area contributed by atoms with Gasteiger partial charge < -0.3 is 19.4 Å². The van der Waals surface area contributed by atoms with Gasteiger partial charge in [-0.1, -0.05) is 54.1 Å². The van der Waals surface area contributed by atoms with Gasteiger partial charge in [0.1, 0.15) is 11.3 Å². The summed E-state index contributed by atoms with van der Waals surface area (Å²) < 4.78 is 15.0. The highest BCUT2D eigenvalue weighted by Gasteiger charge is 2.28. The Bertz CT molecular complexity index is 1600. The molecule has 38 heavy (non-hydrogen) atoms. The van der Waals surface area contributed by atoms with E-state index < -0.39 is 0 Å². The molecule has 9 heteroatoms. The van der Waals surface area contributed by atoms with Gasteiger partial charge in [-0.3, -0.25) is 0 Å². The van der Waals surface area contributed by atoms with E-state index in [0.29, 0.717) is 22.4 Å². The highest BCUT2D eigenvalue weighted by molar-refractivity contribution is 6.35. The molecule has 8 nitrogen and oxygen atoms in total. The fraction of sp³-hybridized carbons (Fsp3) is 0.276. The number of anilines is 1. The summed E-state index contributed by atoms with van der Waals surface area (Å²) in [5.41, 5.74) is 4.72. The van der Waals surface area contributed by atoms with Crippen LogP contribution in [0.5, 0.6) is 5.75 Å².